The van der Waals surface area contributed by atoms with Gasteiger partial charge in [0, 0.05) is 30.9 Å². The van der Waals surface area contributed by atoms with E-state index >= 15 is 0 Å². The molecule has 21 heavy (non-hydrogen) atoms. The van der Waals surface area contributed by atoms with Gasteiger partial charge in [-0.3, -0.25) is 0 Å². The summed E-state index contributed by atoms with van der Waals surface area (Å²) in [6.45, 7) is 2.93. The minimum atomic E-state index is -0.204. The molecule has 0 radical (unpaired) electrons. The Labute approximate surface area is 125 Å². The third-order valence-corrected chi connectivity index (χ3v) is 4.72. The first-order valence-corrected chi connectivity index (χ1v) is 7.93. The summed E-state index contributed by atoms with van der Waals surface area (Å²) in [4.78, 5) is 0. The highest BCUT2D eigenvalue weighted by atomic mass is 19.1. The van der Waals surface area contributed by atoms with Crippen LogP contribution in [0.3, 0.4) is 0 Å². The predicted molar refractivity (Wildman–Crippen MR) is 80.1 cm³/mol. The summed E-state index contributed by atoms with van der Waals surface area (Å²) in [6.07, 6.45) is 5.19. The Morgan fingerprint density at radius 2 is 2.24 bits per heavy atom. The average Bonchev–Trinajstić information content (AvgIpc) is 2.47. The number of hydrogen-bond acceptors (Lipinski definition) is 3. The van der Waals surface area contributed by atoms with E-state index in [1.807, 2.05) is 7.05 Å². The van der Waals surface area contributed by atoms with E-state index in [4.69, 9.17) is 9.47 Å². The van der Waals surface area contributed by atoms with Crippen molar-refractivity contribution in [2.24, 2.45) is 0 Å². The molecule has 116 valence electrons. The molecule has 2 heterocycles. The summed E-state index contributed by atoms with van der Waals surface area (Å²) in [6, 6.07) is 4.98. The maximum absolute atomic E-state index is 13.5. The molecule has 3 unspecified atom stereocenters. The SMILES string of the molecule is CCCC1CC2(CCO1)CC(NC)c1cc(F)ccc1O2. The molecule has 0 aromatic heterocycles. The van der Waals surface area contributed by atoms with Crippen LogP contribution in [-0.2, 0) is 4.74 Å². The molecular formula is C17H24FNO2. The van der Waals surface area contributed by atoms with Crippen LogP contribution < -0.4 is 10.1 Å². The number of fused-ring (bicyclic) bond motifs is 1. The smallest absolute Gasteiger partial charge is 0.125 e. The molecule has 1 aromatic carbocycles. The second-order valence-electron chi connectivity index (χ2n) is 6.25. The summed E-state index contributed by atoms with van der Waals surface area (Å²) in [7, 11) is 1.93. The van der Waals surface area contributed by atoms with Crippen molar-refractivity contribution in [2.75, 3.05) is 13.7 Å². The number of benzene rings is 1. The van der Waals surface area contributed by atoms with Crippen molar-refractivity contribution >= 4 is 0 Å². The average molecular weight is 293 g/mol. The lowest BCUT2D eigenvalue weighted by Gasteiger charge is -2.46. The van der Waals surface area contributed by atoms with Gasteiger partial charge in [0.15, 0.2) is 0 Å². The van der Waals surface area contributed by atoms with Crippen LogP contribution >= 0.6 is 0 Å². The van der Waals surface area contributed by atoms with E-state index in [1.165, 1.54) is 6.07 Å². The molecule has 1 spiro atoms. The van der Waals surface area contributed by atoms with Gasteiger partial charge in [0.2, 0.25) is 0 Å². The van der Waals surface area contributed by atoms with Crippen LogP contribution in [0.15, 0.2) is 18.2 Å². The number of ether oxygens (including phenoxy) is 2. The largest absolute Gasteiger partial charge is 0.487 e. The first kappa shape index (κ1) is 14.8. The first-order chi connectivity index (χ1) is 10.2. The van der Waals surface area contributed by atoms with E-state index in [0.717, 1.165) is 50.0 Å². The first-order valence-electron chi connectivity index (χ1n) is 7.93. The van der Waals surface area contributed by atoms with Crippen molar-refractivity contribution in [3.05, 3.63) is 29.6 Å². The molecular weight excluding hydrogens is 269 g/mol. The fraction of sp³-hybridized carbons (Fsp3) is 0.647. The summed E-state index contributed by atoms with van der Waals surface area (Å²) < 4.78 is 25.7. The third kappa shape index (κ3) is 2.92. The zero-order valence-electron chi connectivity index (χ0n) is 12.8. The van der Waals surface area contributed by atoms with E-state index in [0.29, 0.717) is 0 Å². The molecule has 1 fully saturated rings. The molecule has 1 saturated heterocycles. The van der Waals surface area contributed by atoms with Crippen LogP contribution in [0.5, 0.6) is 5.75 Å². The second-order valence-corrected chi connectivity index (χ2v) is 6.25. The molecule has 0 aliphatic carbocycles. The van der Waals surface area contributed by atoms with Gasteiger partial charge in [-0.05, 0) is 31.7 Å². The number of hydrogen-bond donors (Lipinski definition) is 1. The summed E-state index contributed by atoms with van der Waals surface area (Å²) >= 11 is 0. The van der Waals surface area contributed by atoms with Gasteiger partial charge in [-0.25, -0.2) is 4.39 Å². The van der Waals surface area contributed by atoms with Crippen LogP contribution in [0, 0.1) is 5.82 Å². The quantitative estimate of drug-likeness (QED) is 0.924. The molecule has 0 amide bonds. The molecule has 3 nitrogen and oxygen atoms in total. The molecule has 2 aliphatic heterocycles. The molecule has 1 N–H and O–H groups in total. The van der Waals surface area contributed by atoms with Gasteiger partial charge in [-0.1, -0.05) is 13.3 Å². The van der Waals surface area contributed by atoms with Gasteiger partial charge in [-0.15, -0.1) is 0 Å². The summed E-state index contributed by atoms with van der Waals surface area (Å²) in [5.74, 6) is 0.614. The van der Waals surface area contributed by atoms with Crippen molar-refractivity contribution in [1.82, 2.24) is 5.32 Å². The molecule has 3 rings (SSSR count). The Morgan fingerprint density at radius 1 is 1.38 bits per heavy atom. The Kier molecular flexibility index (Phi) is 4.18. The maximum atomic E-state index is 13.5. The fourth-order valence-corrected chi connectivity index (χ4v) is 3.67. The highest BCUT2D eigenvalue weighted by molar-refractivity contribution is 5.39. The van der Waals surface area contributed by atoms with E-state index in [1.54, 1.807) is 12.1 Å². The summed E-state index contributed by atoms with van der Waals surface area (Å²) in [5.41, 5.74) is 0.762. The van der Waals surface area contributed by atoms with E-state index in [2.05, 4.69) is 12.2 Å². The lowest BCUT2D eigenvalue weighted by atomic mass is 9.79. The van der Waals surface area contributed by atoms with E-state index in [-0.39, 0.29) is 23.6 Å². The molecule has 4 heteroatoms. The molecule has 0 bridgehead atoms. The van der Waals surface area contributed by atoms with E-state index < -0.39 is 0 Å². The minimum Gasteiger partial charge on any atom is -0.487 e. The predicted octanol–water partition coefficient (Wildman–Crippen LogP) is 3.59. The van der Waals surface area contributed by atoms with Gasteiger partial charge in [-0.2, -0.15) is 0 Å². The highest BCUT2D eigenvalue weighted by Gasteiger charge is 2.44. The molecule has 1 aromatic rings. The van der Waals surface area contributed by atoms with Crippen molar-refractivity contribution in [2.45, 2.75) is 56.8 Å². The Hall–Kier alpha value is -1.13. The lowest BCUT2D eigenvalue weighted by molar-refractivity contribution is -0.105. The molecule has 2 aliphatic rings. The Balaban J connectivity index is 1.87. The van der Waals surface area contributed by atoms with Crippen LogP contribution in [0.2, 0.25) is 0 Å². The van der Waals surface area contributed by atoms with Gasteiger partial charge >= 0.3 is 0 Å². The normalized spacial score (nSPS) is 31.8. The molecule has 3 atom stereocenters. The van der Waals surface area contributed by atoms with Crippen LogP contribution in [-0.4, -0.2) is 25.4 Å². The summed E-state index contributed by atoms with van der Waals surface area (Å²) in [5, 5.41) is 3.32. The molecule has 0 saturated carbocycles. The van der Waals surface area contributed by atoms with Gasteiger partial charge in [0.1, 0.15) is 17.2 Å². The van der Waals surface area contributed by atoms with Crippen LogP contribution in [0.25, 0.3) is 0 Å². The van der Waals surface area contributed by atoms with Gasteiger partial charge in [0.25, 0.3) is 0 Å². The van der Waals surface area contributed by atoms with Crippen molar-refractivity contribution < 1.29 is 13.9 Å². The maximum Gasteiger partial charge on any atom is 0.125 e. The zero-order chi connectivity index (χ0) is 14.9. The highest BCUT2D eigenvalue weighted by Crippen LogP contribution is 2.45. The van der Waals surface area contributed by atoms with E-state index in [9.17, 15) is 4.39 Å². The topological polar surface area (TPSA) is 30.5 Å². The zero-order valence-corrected chi connectivity index (χ0v) is 12.8. The lowest BCUT2D eigenvalue weighted by Crippen LogP contribution is -2.50. The second kappa shape index (κ2) is 5.93. The van der Waals surface area contributed by atoms with Gasteiger partial charge in [0.05, 0.1) is 12.7 Å². The minimum absolute atomic E-state index is 0.143. The Morgan fingerprint density at radius 3 is 3.00 bits per heavy atom. The number of rotatable bonds is 3. The standard InChI is InChI=1S/C17H24FNO2/c1-3-4-13-10-17(7-8-20-13)11-15(19-2)14-9-12(18)5-6-16(14)21-17/h5-6,9,13,15,19H,3-4,7-8,10-11H2,1-2H3. The van der Waals surface area contributed by atoms with Crippen molar-refractivity contribution in [3.63, 3.8) is 0 Å². The monoisotopic (exact) mass is 293 g/mol. The Bertz CT molecular complexity index is 506. The van der Waals surface area contributed by atoms with Crippen molar-refractivity contribution in [1.29, 1.82) is 0 Å². The van der Waals surface area contributed by atoms with Crippen molar-refractivity contribution in [3.8, 4) is 5.75 Å². The third-order valence-electron chi connectivity index (χ3n) is 4.72. The number of halogens is 1. The van der Waals surface area contributed by atoms with Crippen LogP contribution in [0.1, 0.15) is 50.6 Å². The number of nitrogens with one attached hydrogen (secondary N) is 1. The van der Waals surface area contributed by atoms with Crippen LogP contribution in [0.4, 0.5) is 4.39 Å². The van der Waals surface area contributed by atoms with Gasteiger partial charge < -0.3 is 14.8 Å². The fourth-order valence-electron chi connectivity index (χ4n) is 3.67.